The van der Waals surface area contributed by atoms with E-state index in [2.05, 4.69) is 10.1 Å². The number of nitrogens with one attached hydrogen (secondary N) is 1. The maximum atomic E-state index is 13.5. The molecule has 0 saturated carbocycles. The monoisotopic (exact) mass is 507 g/mol. The van der Waals surface area contributed by atoms with Crippen LogP contribution in [0.15, 0.2) is 78.9 Å². The molecule has 1 aliphatic heterocycles. The number of hydrogen-bond donors (Lipinski definition) is 1. The Morgan fingerprint density at radius 1 is 1.00 bits per heavy atom. The highest BCUT2D eigenvalue weighted by atomic mass is 35.5. The number of anilines is 2. The van der Waals surface area contributed by atoms with Gasteiger partial charge in [0.05, 0.1) is 24.8 Å². The second kappa shape index (κ2) is 10.7. The summed E-state index contributed by atoms with van der Waals surface area (Å²) in [4.78, 5) is 41.2. The van der Waals surface area contributed by atoms with E-state index in [9.17, 15) is 14.4 Å². The Hall–Kier alpha value is -3.75. The summed E-state index contributed by atoms with van der Waals surface area (Å²) < 4.78 is 4.69. The van der Waals surface area contributed by atoms with Crippen molar-refractivity contribution in [2.45, 2.75) is 19.0 Å². The lowest BCUT2D eigenvalue weighted by atomic mass is 10.1. The molecule has 1 heterocycles. The van der Waals surface area contributed by atoms with Gasteiger partial charge in [-0.15, -0.1) is 0 Å². The zero-order valence-electron chi connectivity index (χ0n) is 18.8. The van der Waals surface area contributed by atoms with Gasteiger partial charge in [0.25, 0.3) is 5.91 Å². The van der Waals surface area contributed by atoms with Crippen LogP contribution in [0.1, 0.15) is 22.3 Å². The number of amides is 2. The molecule has 0 unspecified atom stereocenters. The Kier molecular flexibility index (Phi) is 7.43. The van der Waals surface area contributed by atoms with Crippen molar-refractivity contribution in [2.75, 3.05) is 17.3 Å². The van der Waals surface area contributed by atoms with Crippen LogP contribution in [-0.4, -0.2) is 40.9 Å². The molecule has 1 N–H and O–H groups in total. The maximum absolute atomic E-state index is 13.5. The summed E-state index contributed by atoms with van der Waals surface area (Å²) in [6.07, 6.45) is -0.103. The smallest absolute Gasteiger partial charge is 0.337 e. The van der Waals surface area contributed by atoms with Gasteiger partial charge in [-0.3, -0.25) is 14.5 Å². The van der Waals surface area contributed by atoms with Crippen LogP contribution in [0, 0.1) is 0 Å². The number of carbonyl (C=O) groups excluding carboxylic acids is 3. The van der Waals surface area contributed by atoms with E-state index in [1.807, 2.05) is 30.3 Å². The standard InChI is InChI=1S/C26H22ClN3O4S/c1-34-25(33)18-7-11-20(12-8-18)28-23(31)15-22-24(32)30(21-13-9-19(27)10-14-21)26(35)29(22)16-17-5-3-2-4-6-17/h2-14,22H,15-16H2,1H3,(H,28,31)/t22-/m1/s1. The van der Waals surface area contributed by atoms with Crippen molar-refractivity contribution in [1.29, 1.82) is 0 Å². The molecule has 0 bridgehead atoms. The van der Waals surface area contributed by atoms with Crippen LogP contribution in [0.25, 0.3) is 0 Å². The molecule has 178 valence electrons. The van der Waals surface area contributed by atoms with Crippen molar-refractivity contribution in [3.8, 4) is 0 Å². The van der Waals surface area contributed by atoms with Gasteiger partial charge in [0, 0.05) is 17.3 Å². The van der Waals surface area contributed by atoms with Gasteiger partial charge in [-0.05, 0) is 66.3 Å². The van der Waals surface area contributed by atoms with Crippen LogP contribution in [0.5, 0.6) is 0 Å². The molecule has 1 aliphatic rings. The van der Waals surface area contributed by atoms with E-state index < -0.39 is 12.0 Å². The molecular weight excluding hydrogens is 486 g/mol. The minimum absolute atomic E-state index is 0.103. The SMILES string of the molecule is COC(=O)c1ccc(NC(=O)C[C@@H]2C(=O)N(c3ccc(Cl)cc3)C(=S)N2Cc2ccccc2)cc1. The predicted molar refractivity (Wildman–Crippen MR) is 138 cm³/mol. The molecule has 1 fully saturated rings. The van der Waals surface area contributed by atoms with E-state index in [1.54, 1.807) is 53.4 Å². The van der Waals surface area contributed by atoms with Gasteiger partial charge in [0.2, 0.25) is 5.91 Å². The molecule has 9 heteroatoms. The third-order valence-electron chi connectivity index (χ3n) is 5.57. The summed E-state index contributed by atoms with van der Waals surface area (Å²) >= 11 is 11.7. The first-order valence-electron chi connectivity index (χ1n) is 10.8. The molecule has 7 nitrogen and oxygen atoms in total. The average Bonchev–Trinajstić information content (AvgIpc) is 3.09. The predicted octanol–water partition coefficient (Wildman–Crippen LogP) is 4.66. The van der Waals surface area contributed by atoms with E-state index in [0.29, 0.717) is 33.6 Å². The number of benzene rings is 3. The van der Waals surface area contributed by atoms with Crippen LogP contribution < -0.4 is 10.2 Å². The zero-order valence-corrected chi connectivity index (χ0v) is 20.4. The number of rotatable bonds is 7. The number of carbonyl (C=O) groups is 3. The fourth-order valence-electron chi connectivity index (χ4n) is 3.82. The number of ether oxygens (including phenoxy) is 1. The van der Waals surface area contributed by atoms with Gasteiger partial charge in [-0.2, -0.15) is 0 Å². The van der Waals surface area contributed by atoms with Crippen molar-refractivity contribution in [3.05, 3.63) is 95.0 Å². The largest absolute Gasteiger partial charge is 0.465 e. The molecule has 3 aromatic rings. The molecule has 0 spiro atoms. The average molecular weight is 508 g/mol. The van der Waals surface area contributed by atoms with E-state index >= 15 is 0 Å². The lowest BCUT2D eigenvalue weighted by molar-refractivity contribution is -0.124. The van der Waals surface area contributed by atoms with Crippen LogP contribution in [0.2, 0.25) is 5.02 Å². The molecule has 1 atom stereocenters. The van der Waals surface area contributed by atoms with Gasteiger partial charge < -0.3 is 15.0 Å². The molecule has 1 saturated heterocycles. The molecule has 35 heavy (non-hydrogen) atoms. The Morgan fingerprint density at radius 2 is 1.66 bits per heavy atom. The minimum Gasteiger partial charge on any atom is -0.465 e. The Bertz CT molecular complexity index is 1250. The van der Waals surface area contributed by atoms with E-state index in [-0.39, 0.29) is 18.2 Å². The molecular formula is C26H22ClN3O4S. The lowest BCUT2D eigenvalue weighted by Gasteiger charge is -2.24. The third kappa shape index (κ3) is 5.50. The van der Waals surface area contributed by atoms with Crippen LogP contribution in [0.4, 0.5) is 11.4 Å². The van der Waals surface area contributed by atoms with Crippen molar-refractivity contribution in [3.63, 3.8) is 0 Å². The highest BCUT2D eigenvalue weighted by molar-refractivity contribution is 7.80. The number of thiocarbonyl (C=S) groups is 1. The normalized spacial score (nSPS) is 15.3. The third-order valence-corrected chi connectivity index (χ3v) is 6.24. The second-order valence-electron chi connectivity index (χ2n) is 7.88. The maximum Gasteiger partial charge on any atom is 0.337 e. The van der Waals surface area contributed by atoms with Crippen molar-refractivity contribution >= 4 is 58.1 Å². The van der Waals surface area contributed by atoms with Gasteiger partial charge in [-0.1, -0.05) is 41.9 Å². The summed E-state index contributed by atoms with van der Waals surface area (Å²) in [5.41, 5.74) is 2.42. The lowest BCUT2D eigenvalue weighted by Crippen LogP contribution is -2.37. The molecule has 3 aromatic carbocycles. The number of halogens is 1. The summed E-state index contributed by atoms with van der Waals surface area (Å²) in [7, 11) is 1.30. The molecule has 0 radical (unpaired) electrons. The topological polar surface area (TPSA) is 78.9 Å². The minimum atomic E-state index is -0.785. The van der Waals surface area contributed by atoms with E-state index in [0.717, 1.165) is 5.56 Å². The molecule has 2 amide bonds. The number of esters is 1. The van der Waals surface area contributed by atoms with Crippen LogP contribution in [0.3, 0.4) is 0 Å². The summed E-state index contributed by atoms with van der Waals surface area (Å²) in [6, 6.07) is 22.0. The van der Waals surface area contributed by atoms with Gasteiger partial charge in [-0.25, -0.2) is 4.79 Å². The molecule has 4 rings (SSSR count). The first kappa shape index (κ1) is 24.4. The van der Waals surface area contributed by atoms with Crippen molar-refractivity contribution in [2.24, 2.45) is 0 Å². The van der Waals surface area contributed by atoms with Crippen LogP contribution >= 0.6 is 23.8 Å². The van der Waals surface area contributed by atoms with Gasteiger partial charge in [0.1, 0.15) is 6.04 Å². The number of nitrogens with zero attached hydrogens (tertiary/aromatic N) is 2. The molecule has 0 aliphatic carbocycles. The Labute approximate surface area is 213 Å². The van der Waals surface area contributed by atoms with Crippen molar-refractivity contribution < 1.29 is 19.1 Å². The Balaban J connectivity index is 1.55. The van der Waals surface area contributed by atoms with Crippen molar-refractivity contribution in [1.82, 2.24) is 4.90 Å². The highest BCUT2D eigenvalue weighted by Crippen LogP contribution is 2.29. The highest BCUT2D eigenvalue weighted by Gasteiger charge is 2.44. The van der Waals surface area contributed by atoms with E-state index in [4.69, 9.17) is 23.8 Å². The fourth-order valence-corrected chi connectivity index (χ4v) is 4.33. The zero-order chi connectivity index (χ0) is 24.9. The van der Waals surface area contributed by atoms with Crippen LogP contribution in [-0.2, 0) is 20.9 Å². The quantitative estimate of drug-likeness (QED) is 0.370. The first-order chi connectivity index (χ1) is 16.9. The Morgan fingerprint density at radius 3 is 2.29 bits per heavy atom. The van der Waals surface area contributed by atoms with E-state index in [1.165, 1.54) is 12.0 Å². The second-order valence-corrected chi connectivity index (χ2v) is 8.68. The number of methoxy groups -OCH3 is 1. The first-order valence-corrected chi connectivity index (χ1v) is 11.6. The fraction of sp³-hybridized carbons (Fsp3) is 0.154. The molecule has 0 aromatic heterocycles. The summed E-state index contributed by atoms with van der Waals surface area (Å²) in [5.74, 6) is -1.11. The number of hydrogen-bond acceptors (Lipinski definition) is 5. The summed E-state index contributed by atoms with van der Waals surface area (Å²) in [5, 5.41) is 3.65. The van der Waals surface area contributed by atoms with Gasteiger partial charge >= 0.3 is 5.97 Å². The van der Waals surface area contributed by atoms with Gasteiger partial charge in [0.15, 0.2) is 5.11 Å². The summed E-state index contributed by atoms with van der Waals surface area (Å²) in [6.45, 7) is 0.376.